The van der Waals surface area contributed by atoms with Gasteiger partial charge in [0, 0.05) is 0 Å². The normalized spacial score (nSPS) is 12.1. The molecule has 0 radical (unpaired) electrons. The van der Waals surface area contributed by atoms with E-state index in [1.807, 2.05) is 6.92 Å². The van der Waals surface area contributed by atoms with E-state index < -0.39 is 0 Å². The van der Waals surface area contributed by atoms with E-state index in [-0.39, 0.29) is 38.9 Å². The maximum absolute atomic E-state index is 13.0. The predicted molar refractivity (Wildman–Crippen MR) is 279 cm³/mol. The molecule has 0 aliphatic carbocycles. The average molecular weight is 920 g/mol. The van der Waals surface area contributed by atoms with Crippen molar-refractivity contribution >= 4 is 35.5 Å². The van der Waals surface area contributed by atoms with Gasteiger partial charge in [0.25, 0.3) is 0 Å². The van der Waals surface area contributed by atoms with Crippen molar-refractivity contribution in [3.63, 3.8) is 0 Å². The number of benzene rings is 1. The summed E-state index contributed by atoms with van der Waals surface area (Å²) in [5.41, 5.74) is 2.53. The van der Waals surface area contributed by atoms with Crippen molar-refractivity contribution in [3.8, 4) is 5.75 Å². The van der Waals surface area contributed by atoms with Crippen LogP contribution in [0.4, 0.5) is 0 Å². The molecule has 1 N–H and O–H groups in total. The zero-order chi connectivity index (χ0) is 46.4. The summed E-state index contributed by atoms with van der Waals surface area (Å²) in [5.74, 6) is 0.530. The first kappa shape index (κ1) is 59.7. The number of carbonyl (C=O) groups excluding carboxylic acids is 2. The highest BCUT2D eigenvalue weighted by molar-refractivity contribution is 8.17. The van der Waals surface area contributed by atoms with Gasteiger partial charge in [-0.05, 0) is 53.7 Å². The number of hydrogen-bond donors (Lipinski definition) is 1. The highest BCUT2D eigenvalue weighted by Crippen LogP contribution is 2.43. The number of hydrogen-bond acceptors (Lipinski definition) is 7. The van der Waals surface area contributed by atoms with Crippen molar-refractivity contribution in [2.45, 2.75) is 277 Å². The SMILES string of the molecule is CCCCCCCCCCCCCCCCCCOC(=O)CSC(SCC(=O)OCCCCCCCCCCCCCCCCCC)C(C)(C)Cc1cc(C)c(O)c(C(C)(C)C)c1. The lowest BCUT2D eigenvalue weighted by Crippen LogP contribution is -2.29. The van der Waals surface area contributed by atoms with Gasteiger partial charge in [-0.25, -0.2) is 0 Å². The van der Waals surface area contributed by atoms with Gasteiger partial charge >= 0.3 is 11.9 Å². The van der Waals surface area contributed by atoms with Crippen molar-refractivity contribution in [1.29, 1.82) is 0 Å². The Morgan fingerprint density at radius 2 is 0.810 bits per heavy atom. The molecule has 0 atom stereocenters. The Hall–Kier alpha value is -1.34. The monoisotopic (exact) mass is 919 g/mol. The number of phenols is 1. The molecule has 1 aromatic rings. The molecule has 0 heterocycles. The summed E-state index contributed by atoms with van der Waals surface area (Å²) in [6.45, 7) is 18.3. The molecule has 5 nitrogen and oxygen atoms in total. The molecule has 0 aromatic heterocycles. The van der Waals surface area contributed by atoms with Gasteiger partial charge in [0.2, 0.25) is 0 Å². The number of aryl methyl sites for hydroxylation is 1. The Bertz CT molecular complexity index is 1200. The van der Waals surface area contributed by atoms with Crippen molar-refractivity contribution in [2.75, 3.05) is 24.7 Å². The zero-order valence-corrected chi connectivity index (χ0v) is 44.4. The second-order valence-corrected chi connectivity index (χ2v) is 23.2. The van der Waals surface area contributed by atoms with Gasteiger partial charge in [-0.15, -0.1) is 23.5 Å². The van der Waals surface area contributed by atoms with Crippen LogP contribution in [-0.4, -0.2) is 46.3 Å². The maximum Gasteiger partial charge on any atom is 0.315 e. The molecule has 1 aromatic carbocycles. The van der Waals surface area contributed by atoms with Crippen LogP contribution in [-0.2, 0) is 30.9 Å². The Kier molecular flexibility index (Phi) is 36.7. The van der Waals surface area contributed by atoms with Gasteiger partial charge in [-0.1, -0.05) is 253 Å². The first-order valence-corrected chi connectivity index (χ1v) is 28.8. The Morgan fingerprint density at radius 1 is 0.508 bits per heavy atom. The Balaban J connectivity index is 2.44. The number of rotatable bonds is 43. The smallest absolute Gasteiger partial charge is 0.315 e. The predicted octanol–water partition coefficient (Wildman–Crippen LogP) is 18.0. The maximum atomic E-state index is 13.0. The van der Waals surface area contributed by atoms with Gasteiger partial charge in [0.05, 0.1) is 29.3 Å². The van der Waals surface area contributed by atoms with Crippen LogP contribution in [0.5, 0.6) is 5.75 Å². The summed E-state index contributed by atoms with van der Waals surface area (Å²) in [7, 11) is 0. The molecule has 0 saturated heterocycles. The molecule has 1 rings (SSSR count). The van der Waals surface area contributed by atoms with Gasteiger partial charge in [-0.3, -0.25) is 9.59 Å². The third-order valence-corrected chi connectivity index (χ3v) is 16.2. The molecule has 7 heteroatoms. The molecular formula is C56H102O5S2. The van der Waals surface area contributed by atoms with E-state index in [1.165, 1.54) is 180 Å². The van der Waals surface area contributed by atoms with E-state index >= 15 is 0 Å². The van der Waals surface area contributed by atoms with E-state index in [0.717, 1.165) is 48.8 Å². The fourth-order valence-electron chi connectivity index (χ4n) is 8.68. The van der Waals surface area contributed by atoms with Crippen LogP contribution in [0.25, 0.3) is 0 Å². The van der Waals surface area contributed by atoms with Crippen LogP contribution in [0.15, 0.2) is 12.1 Å². The summed E-state index contributed by atoms with van der Waals surface area (Å²) in [4.78, 5) is 26.0. The zero-order valence-electron chi connectivity index (χ0n) is 42.8. The minimum Gasteiger partial charge on any atom is -0.507 e. The summed E-state index contributed by atoms with van der Waals surface area (Å²) in [6.07, 6.45) is 43.0. The molecule has 0 unspecified atom stereocenters. The molecule has 0 aliphatic rings. The van der Waals surface area contributed by atoms with Crippen LogP contribution in [0, 0.1) is 12.3 Å². The number of ether oxygens (including phenoxy) is 2. The highest BCUT2D eigenvalue weighted by atomic mass is 32.2. The summed E-state index contributed by atoms with van der Waals surface area (Å²) >= 11 is 3.17. The average Bonchev–Trinajstić information content (AvgIpc) is 3.23. The Labute approximate surface area is 399 Å². The molecule has 0 saturated carbocycles. The standard InChI is InChI=1S/C56H102O5S2/c1-9-11-13-15-17-19-21-23-25-27-29-31-33-35-37-39-41-60-51(57)46-62-54(56(7,8)45-49-43-48(3)53(59)50(44-49)55(4,5)6)63-47-52(58)61-42-40-38-36-34-32-30-28-26-24-22-20-18-16-14-12-10-2/h43-44,54,59H,9-42,45-47H2,1-8H3. The lowest BCUT2D eigenvalue weighted by atomic mass is 9.81. The van der Waals surface area contributed by atoms with Crippen molar-refractivity contribution in [3.05, 3.63) is 28.8 Å². The lowest BCUT2D eigenvalue weighted by Gasteiger charge is -2.34. The van der Waals surface area contributed by atoms with Crippen LogP contribution in [0.3, 0.4) is 0 Å². The fourth-order valence-corrected chi connectivity index (χ4v) is 11.3. The number of phenolic OH excluding ortho intramolecular Hbond substituents is 1. The largest absolute Gasteiger partial charge is 0.507 e. The first-order chi connectivity index (χ1) is 30.3. The van der Waals surface area contributed by atoms with Crippen molar-refractivity contribution in [1.82, 2.24) is 0 Å². The number of aromatic hydroxyl groups is 1. The lowest BCUT2D eigenvalue weighted by molar-refractivity contribution is -0.141. The molecule has 0 amide bonds. The number of thioether (sulfide) groups is 2. The molecule has 63 heavy (non-hydrogen) atoms. The van der Waals surface area contributed by atoms with Gasteiger partial charge < -0.3 is 14.6 Å². The van der Waals surface area contributed by atoms with Crippen molar-refractivity contribution < 1.29 is 24.2 Å². The minimum atomic E-state index is -0.254. The number of carbonyl (C=O) groups is 2. The molecular weight excluding hydrogens is 817 g/mol. The minimum absolute atomic E-state index is 0.0316. The van der Waals surface area contributed by atoms with Crippen LogP contribution in [0.1, 0.15) is 271 Å². The molecule has 0 fully saturated rings. The van der Waals surface area contributed by atoms with Gasteiger partial charge in [0.1, 0.15) is 5.75 Å². The van der Waals surface area contributed by atoms with Crippen LogP contribution < -0.4 is 0 Å². The second-order valence-electron chi connectivity index (χ2n) is 20.7. The van der Waals surface area contributed by atoms with Gasteiger partial charge in [0.15, 0.2) is 0 Å². The van der Waals surface area contributed by atoms with Crippen LogP contribution >= 0.6 is 23.5 Å². The quantitative estimate of drug-likeness (QED) is 0.0397. The van der Waals surface area contributed by atoms with Crippen molar-refractivity contribution in [2.24, 2.45) is 5.41 Å². The second kappa shape index (κ2) is 38.7. The van der Waals surface area contributed by atoms with E-state index in [2.05, 4.69) is 60.6 Å². The van der Waals surface area contributed by atoms with Crippen LogP contribution in [0.2, 0.25) is 0 Å². The third-order valence-electron chi connectivity index (χ3n) is 12.7. The number of unbranched alkanes of at least 4 members (excludes halogenated alkanes) is 30. The van der Waals surface area contributed by atoms with E-state index in [9.17, 15) is 14.7 Å². The third kappa shape index (κ3) is 32.9. The first-order valence-electron chi connectivity index (χ1n) is 26.7. The van der Waals surface area contributed by atoms with Gasteiger partial charge in [-0.2, -0.15) is 0 Å². The fraction of sp³-hybridized carbons (Fsp3) is 0.857. The Morgan fingerprint density at radius 3 is 1.11 bits per heavy atom. The summed E-state index contributed by atoms with van der Waals surface area (Å²) < 4.78 is 11.4. The highest BCUT2D eigenvalue weighted by Gasteiger charge is 2.33. The molecule has 0 bridgehead atoms. The van der Waals surface area contributed by atoms with E-state index in [4.69, 9.17) is 9.47 Å². The van der Waals surface area contributed by atoms with E-state index in [0.29, 0.717) is 19.0 Å². The summed E-state index contributed by atoms with van der Waals surface area (Å²) in [5, 5.41) is 10.9. The summed E-state index contributed by atoms with van der Waals surface area (Å²) in [6, 6.07) is 4.21. The number of esters is 2. The molecule has 0 spiro atoms. The molecule has 368 valence electrons. The topological polar surface area (TPSA) is 72.8 Å². The van der Waals surface area contributed by atoms with E-state index in [1.54, 1.807) is 23.5 Å². The molecule has 0 aliphatic heterocycles.